The maximum Gasteiger partial charge on any atom is 0.0748 e. The van der Waals surface area contributed by atoms with Gasteiger partial charge in [-0.2, -0.15) is 0 Å². The number of aromatic nitrogens is 1. The maximum atomic E-state index is 4.58. The van der Waals surface area contributed by atoms with Gasteiger partial charge in [0.15, 0.2) is 0 Å². The van der Waals surface area contributed by atoms with Crippen LogP contribution in [0, 0.1) is 5.92 Å². The standard InChI is InChI=1S/C16H19BrN2/c1-10(2)19-9-11-8-14(11)12-5-6-15(17)13-4-3-7-18-16(12)13/h3-7,10-11,14,19H,8-9H2,1-2H3. The molecule has 1 aromatic carbocycles. The zero-order chi connectivity index (χ0) is 13.4. The smallest absolute Gasteiger partial charge is 0.0748 e. The second-order valence-electron chi connectivity index (χ2n) is 5.70. The summed E-state index contributed by atoms with van der Waals surface area (Å²) < 4.78 is 1.14. The minimum atomic E-state index is 0.570. The van der Waals surface area contributed by atoms with Crippen LogP contribution in [0.1, 0.15) is 31.7 Å². The summed E-state index contributed by atoms with van der Waals surface area (Å²) in [6.07, 6.45) is 3.18. The van der Waals surface area contributed by atoms with E-state index in [2.05, 4.69) is 58.3 Å². The van der Waals surface area contributed by atoms with Crippen LogP contribution in [0.5, 0.6) is 0 Å². The van der Waals surface area contributed by atoms with E-state index in [1.54, 1.807) is 0 Å². The fourth-order valence-electron chi connectivity index (χ4n) is 2.70. The Morgan fingerprint density at radius 3 is 3.00 bits per heavy atom. The highest BCUT2D eigenvalue weighted by Crippen LogP contribution is 2.49. The number of hydrogen-bond acceptors (Lipinski definition) is 2. The predicted octanol–water partition coefficient (Wildman–Crippen LogP) is 4.10. The molecule has 1 N–H and O–H groups in total. The summed E-state index contributed by atoms with van der Waals surface area (Å²) >= 11 is 3.61. The highest BCUT2D eigenvalue weighted by Gasteiger charge is 2.39. The normalized spacial score (nSPS) is 22.1. The lowest BCUT2D eigenvalue weighted by atomic mass is 10.0. The van der Waals surface area contributed by atoms with Crippen LogP contribution in [0.15, 0.2) is 34.9 Å². The molecule has 1 fully saturated rings. The number of benzene rings is 1. The second-order valence-corrected chi connectivity index (χ2v) is 6.56. The summed E-state index contributed by atoms with van der Waals surface area (Å²) in [6, 6.07) is 9.10. The molecule has 3 heteroatoms. The number of halogens is 1. The van der Waals surface area contributed by atoms with E-state index in [1.807, 2.05) is 12.3 Å². The molecule has 0 amide bonds. The molecule has 0 saturated heterocycles. The Kier molecular flexibility index (Phi) is 3.59. The second kappa shape index (κ2) is 5.22. The van der Waals surface area contributed by atoms with E-state index in [1.165, 1.54) is 17.4 Å². The summed E-state index contributed by atoms with van der Waals surface area (Å²) in [5.41, 5.74) is 2.57. The predicted molar refractivity (Wildman–Crippen MR) is 83.4 cm³/mol. The third kappa shape index (κ3) is 2.67. The first kappa shape index (κ1) is 13.1. The SMILES string of the molecule is CC(C)NCC1CC1c1ccc(Br)c2cccnc12. The minimum Gasteiger partial charge on any atom is -0.314 e. The molecule has 1 aromatic heterocycles. The average molecular weight is 319 g/mol. The molecule has 0 radical (unpaired) electrons. The van der Waals surface area contributed by atoms with Crippen LogP contribution >= 0.6 is 15.9 Å². The van der Waals surface area contributed by atoms with Crippen molar-refractivity contribution in [1.82, 2.24) is 10.3 Å². The molecule has 1 heterocycles. The lowest BCUT2D eigenvalue weighted by molar-refractivity contribution is 0.555. The fourth-order valence-corrected chi connectivity index (χ4v) is 3.15. The first-order valence-electron chi connectivity index (χ1n) is 6.93. The number of rotatable bonds is 4. The van der Waals surface area contributed by atoms with Crippen LogP contribution in [0.3, 0.4) is 0 Å². The summed E-state index contributed by atoms with van der Waals surface area (Å²) in [4.78, 5) is 4.58. The van der Waals surface area contributed by atoms with E-state index in [-0.39, 0.29) is 0 Å². The molecule has 2 atom stereocenters. The Morgan fingerprint density at radius 2 is 2.21 bits per heavy atom. The fraction of sp³-hybridized carbons (Fsp3) is 0.438. The first-order chi connectivity index (χ1) is 9.16. The van der Waals surface area contributed by atoms with Crippen LogP contribution in [-0.4, -0.2) is 17.6 Å². The highest BCUT2D eigenvalue weighted by molar-refractivity contribution is 9.10. The average Bonchev–Trinajstić information content (AvgIpc) is 3.17. The van der Waals surface area contributed by atoms with Crippen molar-refractivity contribution in [3.63, 3.8) is 0 Å². The molecule has 2 nitrogen and oxygen atoms in total. The molecule has 0 aliphatic heterocycles. The number of nitrogens with zero attached hydrogens (tertiary/aromatic N) is 1. The van der Waals surface area contributed by atoms with Crippen molar-refractivity contribution in [2.75, 3.05) is 6.54 Å². The topological polar surface area (TPSA) is 24.9 Å². The van der Waals surface area contributed by atoms with Crippen molar-refractivity contribution in [2.24, 2.45) is 5.92 Å². The molecule has 1 saturated carbocycles. The summed E-state index contributed by atoms with van der Waals surface area (Å²) in [7, 11) is 0. The number of hydrogen-bond donors (Lipinski definition) is 1. The van der Waals surface area contributed by atoms with E-state index in [4.69, 9.17) is 0 Å². The minimum absolute atomic E-state index is 0.570. The van der Waals surface area contributed by atoms with Crippen molar-refractivity contribution >= 4 is 26.8 Å². The van der Waals surface area contributed by atoms with Crippen molar-refractivity contribution in [1.29, 1.82) is 0 Å². The Labute approximate surface area is 122 Å². The van der Waals surface area contributed by atoms with E-state index < -0.39 is 0 Å². The van der Waals surface area contributed by atoms with Crippen molar-refractivity contribution in [3.05, 3.63) is 40.5 Å². The van der Waals surface area contributed by atoms with Crippen LogP contribution < -0.4 is 5.32 Å². The number of pyridine rings is 1. The Morgan fingerprint density at radius 1 is 1.37 bits per heavy atom. The van der Waals surface area contributed by atoms with Gasteiger partial charge in [0, 0.05) is 22.1 Å². The van der Waals surface area contributed by atoms with Gasteiger partial charge in [-0.05, 0) is 42.5 Å². The maximum absolute atomic E-state index is 4.58. The summed E-state index contributed by atoms with van der Waals surface area (Å²) in [5.74, 6) is 1.45. The van der Waals surface area contributed by atoms with Gasteiger partial charge in [0.05, 0.1) is 5.52 Å². The van der Waals surface area contributed by atoms with Gasteiger partial charge >= 0.3 is 0 Å². The van der Waals surface area contributed by atoms with Crippen molar-refractivity contribution in [3.8, 4) is 0 Å². The molecule has 0 spiro atoms. The molecule has 19 heavy (non-hydrogen) atoms. The van der Waals surface area contributed by atoms with Crippen molar-refractivity contribution < 1.29 is 0 Å². The van der Waals surface area contributed by atoms with E-state index in [9.17, 15) is 0 Å². The molecule has 1 aliphatic rings. The molecule has 100 valence electrons. The molecular formula is C16H19BrN2. The van der Waals surface area contributed by atoms with Gasteiger partial charge in [-0.3, -0.25) is 4.98 Å². The molecule has 2 unspecified atom stereocenters. The highest BCUT2D eigenvalue weighted by atomic mass is 79.9. The largest absolute Gasteiger partial charge is 0.314 e. The molecular weight excluding hydrogens is 300 g/mol. The van der Waals surface area contributed by atoms with E-state index in [0.29, 0.717) is 12.0 Å². The van der Waals surface area contributed by atoms with Gasteiger partial charge in [0.25, 0.3) is 0 Å². The van der Waals surface area contributed by atoms with Crippen molar-refractivity contribution in [2.45, 2.75) is 32.2 Å². The van der Waals surface area contributed by atoms with E-state index in [0.717, 1.165) is 22.5 Å². The van der Waals surface area contributed by atoms with Gasteiger partial charge in [-0.1, -0.05) is 41.9 Å². The van der Waals surface area contributed by atoms with Crippen LogP contribution in [0.2, 0.25) is 0 Å². The molecule has 3 rings (SSSR count). The van der Waals surface area contributed by atoms with Gasteiger partial charge in [-0.25, -0.2) is 0 Å². The van der Waals surface area contributed by atoms with Gasteiger partial charge < -0.3 is 5.32 Å². The van der Waals surface area contributed by atoms with E-state index >= 15 is 0 Å². The molecule has 2 aromatic rings. The summed E-state index contributed by atoms with van der Waals surface area (Å²) in [5, 5.41) is 4.76. The lowest BCUT2D eigenvalue weighted by Gasteiger charge is -2.09. The van der Waals surface area contributed by atoms with Crippen LogP contribution in [0.4, 0.5) is 0 Å². The van der Waals surface area contributed by atoms with Crippen LogP contribution in [-0.2, 0) is 0 Å². The third-order valence-electron chi connectivity index (χ3n) is 3.86. The number of fused-ring (bicyclic) bond motifs is 1. The third-order valence-corrected chi connectivity index (χ3v) is 4.55. The lowest BCUT2D eigenvalue weighted by Crippen LogP contribution is -2.25. The zero-order valence-corrected chi connectivity index (χ0v) is 12.9. The Balaban J connectivity index is 1.85. The van der Waals surface area contributed by atoms with Gasteiger partial charge in [0.2, 0.25) is 0 Å². The zero-order valence-electron chi connectivity index (χ0n) is 11.4. The number of nitrogens with one attached hydrogen (secondary N) is 1. The first-order valence-corrected chi connectivity index (χ1v) is 7.72. The van der Waals surface area contributed by atoms with Gasteiger partial charge in [0.1, 0.15) is 0 Å². The van der Waals surface area contributed by atoms with Gasteiger partial charge in [-0.15, -0.1) is 0 Å². The Hall–Kier alpha value is -0.930. The Bertz CT molecular complexity index is 594. The molecule has 1 aliphatic carbocycles. The monoisotopic (exact) mass is 318 g/mol. The summed E-state index contributed by atoms with van der Waals surface area (Å²) in [6.45, 7) is 5.52. The quantitative estimate of drug-likeness (QED) is 0.918. The molecule has 0 bridgehead atoms. The van der Waals surface area contributed by atoms with Crippen LogP contribution in [0.25, 0.3) is 10.9 Å².